The molecule has 1 fully saturated rings. The molecule has 1 aliphatic carbocycles. The highest BCUT2D eigenvalue weighted by molar-refractivity contribution is 7.98. The average Bonchev–Trinajstić information content (AvgIpc) is 2.92. The SMILES string of the molecule is CCOC(=O)C[C@H]1CC[C@H](CN(CC)c2c(Cl)cc(C(F)(F)F)cc2CNc2ncc(OCCSC)cn2)CC1. The number of benzene rings is 1. The highest BCUT2D eigenvalue weighted by Crippen LogP contribution is 2.40. The number of aromatic nitrogens is 2. The van der Waals surface area contributed by atoms with Gasteiger partial charge in [-0.2, -0.15) is 24.9 Å². The van der Waals surface area contributed by atoms with Crippen LogP contribution in [0.15, 0.2) is 24.5 Å². The van der Waals surface area contributed by atoms with Crippen LogP contribution in [-0.2, 0) is 22.3 Å². The molecule has 222 valence electrons. The van der Waals surface area contributed by atoms with Gasteiger partial charge in [-0.3, -0.25) is 4.79 Å². The van der Waals surface area contributed by atoms with Gasteiger partial charge in [-0.25, -0.2) is 9.97 Å². The van der Waals surface area contributed by atoms with Gasteiger partial charge in [0.25, 0.3) is 0 Å². The Hall–Kier alpha value is -2.40. The van der Waals surface area contributed by atoms with Crippen molar-refractivity contribution in [2.24, 2.45) is 11.8 Å². The molecule has 1 aromatic heterocycles. The van der Waals surface area contributed by atoms with Gasteiger partial charge in [-0.15, -0.1) is 0 Å². The zero-order chi connectivity index (χ0) is 29.1. The van der Waals surface area contributed by atoms with Crippen LogP contribution in [0, 0.1) is 11.8 Å². The maximum atomic E-state index is 13.7. The first kappa shape index (κ1) is 32.1. The molecule has 0 aliphatic heterocycles. The molecule has 0 bridgehead atoms. The summed E-state index contributed by atoms with van der Waals surface area (Å²) < 4.78 is 51.7. The number of hydrogen-bond acceptors (Lipinski definition) is 8. The Bertz CT molecular complexity index is 1080. The van der Waals surface area contributed by atoms with Crippen LogP contribution in [0.25, 0.3) is 0 Å². The third kappa shape index (κ3) is 9.61. The molecule has 1 heterocycles. The third-order valence-electron chi connectivity index (χ3n) is 6.99. The predicted molar refractivity (Wildman–Crippen MR) is 154 cm³/mol. The Kier molecular flexibility index (Phi) is 12.5. The fraction of sp³-hybridized carbons (Fsp3) is 0.607. The monoisotopic (exact) mass is 602 g/mol. The number of hydrogen-bond donors (Lipinski definition) is 1. The van der Waals surface area contributed by atoms with Gasteiger partial charge < -0.3 is 19.7 Å². The molecular formula is C28H38ClF3N4O3S. The summed E-state index contributed by atoms with van der Waals surface area (Å²) in [5, 5.41) is 3.10. The fourth-order valence-corrected chi connectivity index (χ4v) is 5.58. The summed E-state index contributed by atoms with van der Waals surface area (Å²) in [6.07, 6.45) is 4.67. The molecule has 7 nitrogen and oxygen atoms in total. The molecule has 0 spiro atoms. The van der Waals surface area contributed by atoms with E-state index in [1.165, 1.54) is 12.4 Å². The summed E-state index contributed by atoms with van der Waals surface area (Å²) in [5.74, 6) is 2.14. The molecular weight excluding hydrogens is 565 g/mol. The van der Waals surface area contributed by atoms with Crippen molar-refractivity contribution in [1.82, 2.24) is 9.97 Å². The number of carbonyl (C=O) groups is 1. The van der Waals surface area contributed by atoms with Crippen molar-refractivity contribution >= 4 is 41.0 Å². The average molecular weight is 603 g/mol. The summed E-state index contributed by atoms with van der Waals surface area (Å²) in [5.41, 5.74) is 0.198. The summed E-state index contributed by atoms with van der Waals surface area (Å²) >= 11 is 8.20. The number of thioether (sulfide) groups is 1. The first-order valence-electron chi connectivity index (χ1n) is 13.6. The van der Waals surface area contributed by atoms with Crippen LogP contribution in [0.4, 0.5) is 24.8 Å². The Morgan fingerprint density at radius 3 is 2.42 bits per heavy atom. The molecule has 1 saturated carbocycles. The van der Waals surface area contributed by atoms with Crippen molar-refractivity contribution in [3.05, 3.63) is 40.7 Å². The quantitative estimate of drug-likeness (QED) is 0.181. The topological polar surface area (TPSA) is 76.6 Å². The fourth-order valence-electron chi connectivity index (χ4n) is 4.97. The van der Waals surface area contributed by atoms with Crippen LogP contribution in [0.2, 0.25) is 5.02 Å². The third-order valence-corrected chi connectivity index (χ3v) is 7.86. The maximum absolute atomic E-state index is 13.7. The van der Waals surface area contributed by atoms with Gasteiger partial charge >= 0.3 is 12.1 Å². The predicted octanol–water partition coefficient (Wildman–Crippen LogP) is 7.09. The Labute approximate surface area is 243 Å². The van der Waals surface area contributed by atoms with E-state index < -0.39 is 11.7 Å². The number of alkyl halides is 3. The lowest BCUT2D eigenvalue weighted by molar-refractivity contribution is -0.144. The highest BCUT2D eigenvalue weighted by Gasteiger charge is 2.33. The molecule has 2 aromatic rings. The first-order chi connectivity index (χ1) is 19.1. The number of halogens is 4. The number of nitrogens with zero attached hydrogens (tertiary/aromatic N) is 3. The molecule has 1 aliphatic rings. The Morgan fingerprint density at radius 2 is 1.82 bits per heavy atom. The van der Waals surface area contributed by atoms with E-state index in [0.717, 1.165) is 43.6 Å². The number of anilines is 2. The normalized spacial score (nSPS) is 17.4. The van der Waals surface area contributed by atoms with Gasteiger partial charge in [0, 0.05) is 31.8 Å². The van der Waals surface area contributed by atoms with Crippen molar-refractivity contribution in [3.63, 3.8) is 0 Å². The summed E-state index contributed by atoms with van der Waals surface area (Å²) in [6, 6.07) is 2.14. The largest absolute Gasteiger partial charge is 0.489 e. The second kappa shape index (κ2) is 15.6. The smallest absolute Gasteiger partial charge is 0.416 e. The summed E-state index contributed by atoms with van der Waals surface area (Å²) in [6.45, 7) is 6.00. The lowest BCUT2D eigenvalue weighted by Crippen LogP contribution is -2.33. The molecule has 0 saturated heterocycles. The van der Waals surface area contributed by atoms with E-state index in [-0.39, 0.29) is 23.5 Å². The highest BCUT2D eigenvalue weighted by atomic mass is 35.5. The minimum atomic E-state index is -4.53. The van der Waals surface area contributed by atoms with Gasteiger partial charge in [0.2, 0.25) is 5.95 Å². The van der Waals surface area contributed by atoms with Gasteiger partial charge in [0.1, 0.15) is 0 Å². The maximum Gasteiger partial charge on any atom is 0.416 e. The molecule has 12 heteroatoms. The van der Waals surface area contributed by atoms with Gasteiger partial charge in [0.05, 0.1) is 41.9 Å². The minimum Gasteiger partial charge on any atom is -0.489 e. The van der Waals surface area contributed by atoms with Crippen molar-refractivity contribution < 1.29 is 27.4 Å². The minimum absolute atomic E-state index is 0.0583. The van der Waals surface area contributed by atoms with E-state index in [1.807, 2.05) is 13.2 Å². The molecule has 0 amide bonds. The molecule has 0 radical (unpaired) electrons. The van der Waals surface area contributed by atoms with E-state index >= 15 is 0 Å². The van der Waals surface area contributed by atoms with Crippen molar-refractivity contribution in [1.29, 1.82) is 0 Å². The molecule has 1 aromatic carbocycles. The van der Waals surface area contributed by atoms with Crippen molar-refractivity contribution in [2.45, 2.75) is 58.7 Å². The molecule has 40 heavy (non-hydrogen) atoms. The lowest BCUT2D eigenvalue weighted by Gasteiger charge is -2.34. The van der Waals surface area contributed by atoms with Crippen LogP contribution < -0.4 is 15.0 Å². The number of nitrogens with one attached hydrogen (secondary N) is 1. The summed E-state index contributed by atoms with van der Waals surface area (Å²) in [4.78, 5) is 22.4. The van der Waals surface area contributed by atoms with Crippen molar-refractivity contribution in [2.75, 3.05) is 48.5 Å². The number of ether oxygens (including phenoxy) is 2. The molecule has 0 atom stereocenters. The van der Waals surface area contributed by atoms with Crippen LogP contribution in [-0.4, -0.2) is 54.2 Å². The van der Waals surface area contributed by atoms with Crippen LogP contribution in [0.1, 0.15) is 57.1 Å². The zero-order valence-corrected chi connectivity index (χ0v) is 24.8. The van der Waals surface area contributed by atoms with Crippen molar-refractivity contribution in [3.8, 4) is 5.75 Å². The Balaban J connectivity index is 1.73. The molecule has 1 N–H and O–H groups in total. The Morgan fingerprint density at radius 1 is 1.15 bits per heavy atom. The lowest BCUT2D eigenvalue weighted by atomic mass is 9.80. The van der Waals surface area contributed by atoms with Gasteiger partial charge in [-0.1, -0.05) is 11.6 Å². The second-order valence-corrected chi connectivity index (χ2v) is 11.2. The van der Waals surface area contributed by atoms with E-state index in [1.54, 1.807) is 18.7 Å². The molecule has 0 unspecified atom stereocenters. The van der Waals surface area contributed by atoms with Crippen LogP contribution in [0.3, 0.4) is 0 Å². The number of carbonyl (C=O) groups excluding carboxylic acids is 1. The van der Waals surface area contributed by atoms with E-state index in [0.29, 0.717) is 61.6 Å². The van der Waals surface area contributed by atoms with E-state index in [2.05, 4.69) is 20.2 Å². The van der Waals surface area contributed by atoms with Gasteiger partial charge in [0.15, 0.2) is 5.75 Å². The van der Waals surface area contributed by atoms with Gasteiger partial charge in [-0.05, 0) is 75.3 Å². The van der Waals surface area contributed by atoms with E-state index in [9.17, 15) is 18.0 Å². The van der Waals surface area contributed by atoms with Crippen LogP contribution >= 0.6 is 23.4 Å². The second-order valence-electron chi connectivity index (χ2n) is 9.84. The van der Waals surface area contributed by atoms with E-state index in [4.69, 9.17) is 21.1 Å². The summed E-state index contributed by atoms with van der Waals surface area (Å²) in [7, 11) is 0. The number of rotatable bonds is 14. The number of esters is 1. The molecule has 3 rings (SSSR count). The zero-order valence-electron chi connectivity index (χ0n) is 23.2. The first-order valence-corrected chi connectivity index (χ1v) is 15.4. The van der Waals surface area contributed by atoms with Crippen LogP contribution in [0.5, 0.6) is 5.75 Å². The standard InChI is InChI=1S/C28H38ClF3N4O3S/c1-4-36(18-20-8-6-19(7-9-20)12-25(37)38-5-2)26-21(13-22(14-24(26)29)28(30,31)32)15-33-27-34-16-23(17-35-27)39-10-11-40-3/h13-14,16-17,19-20H,4-12,15,18H2,1-3H3,(H,33,34,35)/t19-,20-.